The van der Waals surface area contributed by atoms with E-state index in [9.17, 15) is 9.59 Å². The molecule has 0 aromatic heterocycles. The van der Waals surface area contributed by atoms with Crippen LogP contribution in [-0.2, 0) is 14.3 Å². The minimum Gasteiger partial charge on any atom is -0.481 e. The van der Waals surface area contributed by atoms with Gasteiger partial charge in [0.1, 0.15) is 11.3 Å². The molecule has 2 aliphatic heterocycles. The Morgan fingerprint density at radius 1 is 1.36 bits per heavy atom. The van der Waals surface area contributed by atoms with Crippen molar-refractivity contribution in [1.82, 2.24) is 0 Å². The van der Waals surface area contributed by atoms with Crippen molar-refractivity contribution in [3.05, 3.63) is 0 Å². The molecule has 5 nitrogen and oxygen atoms in total. The van der Waals surface area contributed by atoms with Crippen molar-refractivity contribution in [2.75, 3.05) is 0 Å². The van der Waals surface area contributed by atoms with Gasteiger partial charge in [-0.15, -0.1) is 0 Å². The fourth-order valence-electron chi connectivity index (χ4n) is 2.62. The van der Waals surface area contributed by atoms with Crippen LogP contribution >= 0.6 is 0 Å². The number of rotatable bonds is 2. The van der Waals surface area contributed by atoms with Gasteiger partial charge >= 0.3 is 11.9 Å². The molecule has 2 N–H and O–H groups in total. The maximum atomic E-state index is 11.1. The molecule has 2 heterocycles. The Labute approximate surface area is 80.7 Å². The zero-order chi connectivity index (χ0) is 10.5. The van der Waals surface area contributed by atoms with Crippen molar-refractivity contribution in [3.8, 4) is 0 Å². The van der Waals surface area contributed by atoms with E-state index in [1.807, 2.05) is 0 Å². The lowest BCUT2D eigenvalue weighted by molar-refractivity contribution is -0.162. The molecule has 2 fully saturated rings. The second-order valence-electron chi connectivity index (χ2n) is 4.14. The van der Waals surface area contributed by atoms with Crippen molar-refractivity contribution in [2.24, 2.45) is 11.3 Å². The molecule has 0 radical (unpaired) electrons. The second kappa shape index (κ2) is 2.70. The van der Waals surface area contributed by atoms with Gasteiger partial charge in [0.2, 0.25) is 0 Å². The molecule has 2 bridgehead atoms. The molecular weight excluding hydrogens is 188 g/mol. The fraction of sp³-hybridized carbons (Fsp3) is 0.778. The van der Waals surface area contributed by atoms with Crippen LogP contribution in [0.15, 0.2) is 0 Å². The molecule has 0 spiro atoms. The largest absolute Gasteiger partial charge is 0.481 e. The van der Waals surface area contributed by atoms with Crippen LogP contribution in [0.1, 0.15) is 19.8 Å². The van der Waals surface area contributed by atoms with Gasteiger partial charge in [0.05, 0.1) is 12.2 Å². The minimum absolute atomic E-state index is 0.418. The van der Waals surface area contributed by atoms with E-state index >= 15 is 0 Å². The van der Waals surface area contributed by atoms with Gasteiger partial charge < -0.3 is 14.9 Å². The number of fused-ring (bicyclic) bond motifs is 2. The van der Waals surface area contributed by atoms with Crippen LogP contribution in [0.5, 0.6) is 0 Å². The predicted octanol–water partition coefficient (Wildman–Crippen LogP) is 0.339. The van der Waals surface area contributed by atoms with E-state index in [0.29, 0.717) is 12.8 Å². The number of aliphatic carboxylic acids is 2. The van der Waals surface area contributed by atoms with Gasteiger partial charge in [-0.05, 0) is 19.8 Å². The monoisotopic (exact) mass is 200 g/mol. The average molecular weight is 200 g/mol. The molecule has 2 rings (SSSR count). The first kappa shape index (κ1) is 9.45. The quantitative estimate of drug-likeness (QED) is 0.671. The summed E-state index contributed by atoms with van der Waals surface area (Å²) in [5.41, 5.74) is -1.26. The molecule has 0 saturated carbocycles. The van der Waals surface area contributed by atoms with Crippen LogP contribution in [0.3, 0.4) is 0 Å². The van der Waals surface area contributed by atoms with Crippen molar-refractivity contribution in [1.29, 1.82) is 0 Å². The van der Waals surface area contributed by atoms with Crippen molar-refractivity contribution in [2.45, 2.75) is 32.0 Å². The molecule has 0 aromatic carbocycles. The third kappa shape index (κ3) is 0.930. The van der Waals surface area contributed by atoms with Gasteiger partial charge in [0.25, 0.3) is 0 Å². The number of carboxylic acid groups (broad SMARTS) is 2. The van der Waals surface area contributed by atoms with E-state index in [2.05, 4.69) is 0 Å². The molecule has 14 heavy (non-hydrogen) atoms. The van der Waals surface area contributed by atoms with Crippen LogP contribution in [0.2, 0.25) is 0 Å². The average Bonchev–Trinajstić information content (AvgIpc) is 2.61. The summed E-state index contributed by atoms with van der Waals surface area (Å²) in [4.78, 5) is 22.1. The van der Waals surface area contributed by atoms with E-state index in [1.165, 1.54) is 6.92 Å². The maximum Gasteiger partial charge on any atom is 0.312 e. The van der Waals surface area contributed by atoms with Gasteiger partial charge in [0, 0.05) is 0 Å². The van der Waals surface area contributed by atoms with Gasteiger partial charge in [0.15, 0.2) is 0 Å². The van der Waals surface area contributed by atoms with Gasteiger partial charge in [-0.2, -0.15) is 0 Å². The van der Waals surface area contributed by atoms with Crippen LogP contribution in [0.25, 0.3) is 0 Å². The van der Waals surface area contributed by atoms with Gasteiger partial charge in [-0.25, -0.2) is 0 Å². The summed E-state index contributed by atoms with van der Waals surface area (Å²) in [5, 5.41) is 18.0. The summed E-state index contributed by atoms with van der Waals surface area (Å²) in [6.45, 7) is 1.47. The summed E-state index contributed by atoms with van der Waals surface area (Å²) >= 11 is 0. The Morgan fingerprint density at radius 2 is 2.00 bits per heavy atom. The Kier molecular flexibility index (Phi) is 1.82. The lowest BCUT2D eigenvalue weighted by atomic mass is 9.67. The molecule has 0 aromatic rings. The maximum absolute atomic E-state index is 11.1. The highest BCUT2D eigenvalue weighted by atomic mass is 16.5. The van der Waals surface area contributed by atoms with Crippen LogP contribution in [-0.4, -0.2) is 34.4 Å². The smallest absolute Gasteiger partial charge is 0.312 e. The molecule has 4 unspecified atom stereocenters. The highest BCUT2D eigenvalue weighted by Crippen LogP contribution is 2.51. The minimum atomic E-state index is -1.26. The summed E-state index contributed by atoms with van der Waals surface area (Å²) in [6, 6.07) is 0. The zero-order valence-electron chi connectivity index (χ0n) is 7.77. The Bertz CT molecular complexity index is 300. The molecule has 2 aliphatic rings. The molecule has 78 valence electrons. The molecular formula is C9H12O5. The number of ether oxygens (including phenoxy) is 1. The Balaban J connectivity index is 2.39. The first-order valence-electron chi connectivity index (χ1n) is 4.59. The summed E-state index contributed by atoms with van der Waals surface area (Å²) < 4.78 is 5.36. The lowest BCUT2D eigenvalue weighted by Gasteiger charge is -2.31. The van der Waals surface area contributed by atoms with Gasteiger partial charge in [-0.1, -0.05) is 0 Å². The number of hydrogen-bond donors (Lipinski definition) is 2. The summed E-state index contributed by atoms with van der Waals surface area (Å²) in [6.07, 6.45) is 0.451. The summed E-state index contributed by atoms with van der Waals surface area (Å²) in [7, 11) is 0. The van der Waals surface area contributed by atoms with E-state index in [0.717, 1.165) is 0 Å². The molecule has 5 heteroatoms. The van der Waals surface area contributed by atoms with Crippen molar-refractivity contribution < 1.29 is 24.5 Å². The van der Waals surface area contributed by atoms with E-state index in [4.69, 9.17) is 14.9 Å². The SMILES string of the molecule is CC1(C(=O)O)C2CCC(O2)C1C(=O)O. The van der Waals surface area contributed by atoms with Crippen LogP contribution in [0, 0.1) is 11.3 Å². The van der Waals surface area contributed by atoms with E-state index in [-0.39, 0.29) is 0 Å². The topological polar surface area (TPSA) is 83.8 Å². The summed E-state index contributed by atoms with van der Waals surface area (Å²) in [5.74, 6) is -3.04. The number of hydrogen-bond acceptors (Lipinski definition) is 3. The zero-order valence-corrected chi connectivity index (χ0v) is 7.77. The molecule has 0 amide bonds. The van der Waals surface area contributed by atoms with E-state index < -0.39 is 35.5 Å². The number of carbonyl (C=O) groups is 2. The first-order valence-corrected chi connectivity index (χ1v) is 4.59. The molecule has 0 aliphatic carbocycles. The van der Waals surface area contributed by atoms with Crippen molar-refractivity contribution in [3.63, 3.8) is 0 Å². The van der Waals surface area contributed by atoms with Crippen molar-refractivity contribution >= 4 is 11.9 Å². The normalized spacial score (nSPS) is 45.4. The Morgan fingerprint density at radius 3 is 2.43 bits per heavy atom. The third-order valence-electron chi connectivity index (χ3n) is 3.47. The third-order valence-corrected chi connectivity index (χ3v) is 3.47. The second-order valence-corrected chi connectivity index (χ2v) is 4.14. The standard InChI is InChI=1S/C9H12O5/c1-9(8(12)13)5-3-2-4(14-5)6(9)7(10)11/h4-6H,2-3H2,1H3,(H,10,11)(H,12,13). The lowest BCUT2D eigenvalue weighted by Crippen LogP contribution is -2.47. The van der Waals surface area contributed by atoms with Crippen LogP contribution < -0.4 is 0 Å². The molecule has 4 atom stereocenters. The van der Waals surface area contributed by atoms with Crippen LogP contribution in [0.4, 0.5) is 0 Å². The highest BCUT2D eigenvalue weighted by Gasteiger charge is 2.64. The Hall–Kier alpha value is -1.10. The molecule has 2 saturated heterocycles. The fourth-order valence-corrected chi connectivity index (χ4v) is 2.62. The first-order chi connectivity index (χ1) is 6.48. The van der Waals surface area contributed by atoms with E-state index in [1.54, 1.807) is 0 Å². The van der Waals surface area contributed by atoms with Gasteiger partial charge in [-0.3, -0.25) is 9.59 Å². The highest BCUT2D eigenvalue weighted by molar-refractivity contribution is 5.85. The number of carboxylic acids is 2. The predicted molar refractivity (Wildman–Crippen MR) is 44.8 cm³/mol.